The van der Waals surface area contributed by atoms with Crippen LogP contribution in [0.15, 0.2) is 34.9 Å². The molecule has 0 spiro atoms. The SMILES string of the molecule is C=C1CC=CC(Br)=CC1CNC(=O)OC(C)(C)C. The zero-order chi connectivity index (χ0) is 13.8. The van der Waals surface area contributed by atoms with Gasteiger partial charge in [-0.3, -0.25) is 0 Å². The minimum absolute atomic E-state index is 0.127. The summed E-state index contributed by atoms with van der Waals surface area (Å²) in [5.41, 5.74) is 0.611. The molecule has 0 bridgehead atoms. The van der Waals surface area contributed by atoms with E-state index < -0.39 is 11.7 Å². The van der Waals surface area contributed by atoms with Gasteiger partial charge < -0.3 is 10.1 Å². The molecule has 0 aromatic heterocycles. The average molecular weight is 314 g/mol. The lowest BCUT2D eigenvalue weighted by molar-refractivity contribution is 0.0524. The average Bonchev–Trinajstić information content (AvgIpc) is 2.35. The van der Waals surface area contributed by atoms with Gasteiger partial charge in [0.05, 0.1) is 0 Å². The van der Waals surface area contributed by atoms with Crippen molar-refractivity contribution in [2.24, 2.45) is 5.92 Å². The molecule has 0 fully saturated rings. The molecule has 1 amide bonds. The van der Waals surface area contributed by atoms with Crippen LogP contribution in [0, 0.1) is 5.92 Å². The number of rotatable bonds is 2. The number of nitrogens with one attached hydrogen (secondary N) is 1. The number of hydrogen-bond acceptors (Lipinski definition) is 2. The number of ether oxygens (including phenoxy) is 1. The highest BCUT2D eigenvalue weighted by molar-refractivity contribution is 9.11. The summed E-state index contributed by atoms with van der Waals surface area (Å²) in [7, 11) is 0. The van der Waals surface area contributed by atoms with E-state index in [-0.39, 0.29) is 5.92 Å². The summed E-state index contributed by atoms with van der Waals surface area (Å²) < 4.78 is 6.21. The molecule has 1 aliphatic carbocycles. The Balaban J connectivity index is 2.50. The van der Waals surface area contributed by atoms with Gasteiger partial charge in [-0.25, -0.2) is 4.79 Å². The summed E-state index contributed by atoms with van der Waals surface area (Å²) in [4.78, 5) is 11.6. The molecule has 0 saturated carbocycles. The normalized spacial score (nSPS) is 20.1. The van der Waals surface area contributed by atoms with E-state index in [0.717, 1.165) is 16.5 Å². The number of amides is 1. The van der Waals surface area contributed by atoms with Crippen molar-refractivity contribution in [3.8, 4) is 0 Å². The van der Waals surface area contributed by atoms with Gasteiger partial charge in [-0.2, -0.15) is 0 Å². The van der Waals surface area contributed by atoms with Crippen LogP contribution in [0.25, 0.3) is 0 Å². The lowest BCUT2D eigenvalue weighted by atomic mass is 9.99. The molecule has 100 valence electrons. The number of carbonyl (C=O) groups is 1. The van der Waals surface area contributed by atoms with Gasteiger partial charge in [0.25, 0.3) is 0 Å². The lowest BCUT2D eigenvalue weighted by Gasteiger charge is -2.21. The lowest BCUT2D eigenvalue weighted by Crippen LogP contribution is -2.35. The first-order valence-electron chi connectivity index (χ1n) is 5.96. The van der Waals surface area contributed by atoms with E-state index in [0.29, 0.717) is 6.54 Å². The van der Waals surface area contributed by atoms with Crippen molar-refractivity contribution in [3.63, 3.8) is 0 Å². The van der Waals surface area contributed by atoms with Crippen LogP contribution in [0.1, 0.15) is 27.2 Å². The number of halogens is 1. The first-order chi connectivity index (χ1) is 8.28. The predicted octanol–water partition coefficient (Wildman–Crippen LogP) is 3.92. The third kappa shape index (κ3) is 5.54. The molecule has 1 N–H and O–H groups in total. The topological polar surface area (TPSA) is 38.3 Å². The maximum atomic E-state index is 11.6. The van der Waals surface area contributed by atoms with Crippen LogP contribution >= 0.6 is 15.9 Å². The van der Waals surface area contributed by atoms with Crippen LogP contribution in [0.5, 0.6) is 0 Å². The molecule has 4 heteroatoms. The van der Waals surface area contributed by atoms with E-state index in [1.165, 1.54) is 0 Å². The molecule has 3 nitrogen and oxygen atoms in total. The van der Waals surface area contributed by atoms with E-state index >= 15 is 0 Å². The Morgan fingerprint density at radius 3 is 2.89 bits per heavy atom. The highest BCUT2D eigenvalue weighted by Gasteiger charge is 2.18. The Morgan fingerprint density at radius 2 is 2.28 bits per heavy atom. The van der Waals surface area contributed by atoms with Crippen LogP contribution in [0.4, 0.5) is 4.79 Å². The van der Waals surface area contributed by atoms with Gasteiger partial charge in [-0.15, -0.1) is 0 Å². The molecule has 1 rings (SSSR count). The molecule has 0 heterocycles. The number of alkyl carbamates (subject to hydrolysis) is 1. The minimum Gasteiger partial charge on any atom is -0.444 e. The molecule has 1 aliphatic rings. The molecule has 0 aromatic carbocycles. The summed E-state index contributed by atoms with van der Waals surface area (Å²) in [5.74, 6) is 0.127. The Hall–Kier alpha value is -1.03. The molecule has 18 heavy (non-hydrogen) atoms. The second-order valence-electron chi connectivity index (χ2n) is 5.31. The Bertz CT molecular complexity index is 391. The van der Waals surface area contributed by atoms with E-state index in [1.54, 1.807) is 0 Å². The first-order valence-corrected chi connectivity index (χ1v) is 6.75. The fraction of sp³-hybridized carbons (Fsp3) is 0.500. The second kappa shape index (κ2) is 6.23. The van der Waals surface area contributed by atoms with Gasteiger partial charge >= 0.3 is 6.09 Å². The van der Waals surface area contributed by atoms with Crippen molar-refractivity contribution in [2.45, 2.75) is 32.8 Å². The van der Waals surface area contributed by atoms with Crippen LogP contribution in [-0.2, 0) is 4.74 Å². The van der Waals surface area contributed by atoms with Crippen molar-refractivity contribution in [1.29, 1.82) is 0 Å². The Morgan fingerprint density at radius 1 is 1.61 bits per heavy atom. The molecular formula is C14H20BrNO2. The molecule has 0 radical (unpaired) electrons. The van der Waals surface area contributed by atoms with Crippen molar-refractivity contribution in [3.05, 3.63) is 34.9 Å². The van der Waals surface area contributed by atoms with Crippen LogP contribution < -0.4 is 5.32 Å². The van der Waals surface area contributed by atoms with E-state index in [1.807, 2.05) is 32.9 Å². The zero-order valence-corrected chi connectivity index (χ0v) is 12.7. The predicted molar refractivity (Wildman–Crippen MR) is 77.6 cm³/mol. The van der Waals surface area contributed by atoms with Gasteiger partial charge in [-0.1, -0.05) is 46.3 Å². The van der Waals surface area contributed by atoms with Gasteiger partial charge in [-0.05, 0) is 27.2 Å². The smallest absolute Gasteiger partial charge is 0.407 e. The zero-order valence-electron chi connectivity index (χ0n) is 11.1. The van der Waals surface area contributed by atoms with Gasteiger partial charge in [0, 0.05) is 16.9 Å². The summed E-state index contributed by atoms with van der Waals surface area (Å²) in [5, 5.41) is 2.77. The number of hydrogen-bond donors (Lipinski definition) is 1. The molecular weight excluding hydrogens is 294 g/mol. The number of carbonyl (C=O) groups excluding carboxylic acids is 1. The maximum Gasteiger partial charge on any atom is 0.407 e. The minimum atomic E-state index is -0.470. The van der Waals surface area contributed by atoms with E-state index in [4.69, 9.17) is 4.74 Å². The number of allylic oxidation sites excluding steroid dienone is 3. The molecule has 0 aromatic rings. The third-order valence-electron chi connectivity index (χ3n) is 2.41. The maximum absolute atomic E-state index is 11.6. The van der Waals surface area contributed by atoms with Crippen LogP contribution in [0.3, 0.4) is 0 Å². The summed E-state index contributed by atoms with van der Waals surface area (Å²) in [6.45, 7) is 10.1. The van der Waals surface area contributed by atoms with E-state index in [9.17, 15) is 4.79 Å². The summed E-state index contributed by atoms with van der Waals surface area (Å²) in [6.07, 6.45) is 6.53. The molecule has 1 atom stereocenters. The molecule has 1 unspecified atom stereocenters. The Kier molecular flexibility index (Phi) is 5.20. The van der Waals surface area contributed by atoms with Crippen molar-refractivity contribution in [1.82, 2.24) is 5.32 Å². The van der Waals surface area contributed by atoms with Crippen molar-refractivity contribution < 1.29 is 9.53 Å². The standard InChI is InChI=1S/C14H20BrNO2/c1-10-6-5-7-12(15)8-11(10)9-16-13(17)18-14(2,3)4/h5,7-8,11H,1,6,9H2,2-4H3,(H,16,17). The van der Waals surface area contributed by atoms with Crippen molar-refractivity contribution >= 4 is 22.0 Å². The van der Waals surface area contributed by atoms with E-state index in [2.05, 4.69) is 33.9 Å². The van der Waals surface area contributed by atoms with Crippen molar-refractivity contribution in [2.75, 3.05) is 6.54 Å². The molecule has 0 saturated heterocycles. The first kappa shape index (κ1) is 15.0. The molecule has 0 aliphatic heterocycles. The second-order valence-corrected chi connectivity index (χ2v) is 6.22. The largest absolute Gasteiger partial charge is 0.444 e. The highest BCUT2D eigenvalue weighted by atomic mass is 79.9. The van der Waals surface area contributed by atoms with Crippen LogP contribution in [-0.4, -0.2) is 18.2 Å². The summed E-state index contributed by atoms with van der Waals surface area (Å²) in [6, 6.07) is 0. The highest BCUT2D eigenvalue weighted by Crippen LogP contribution is 2.23. The summed E-state index contributed by atoms with van der Waals surface area (Å²) >= 11 is 3.45. The fourth-order valence-corrected chi connectivity index (χ4v) is 2.06. The van der Waals surface area contributed by atoms with Gasteiger partial charge in [0.2, 0.25) is 0 Å². The van der Waals surface area contributed by atoms with Gasteiger partial charge in [0.1, 0.15) is 5.60 Å². The quantitative estimate of drug-likeness (QED) is 0.785. The van der Waals surface area contributed by atoms with Crippen LogP contribution in [0.2, 0.25) is 0 Å². The monoisotopic (exact) mass is 313 g/mol. The third-order valence-corrected chi connectivity index (χ3v) is 2.94. The van der Waals surface area contributed by atoms with Gasteiger partial charge in [0.15, 0.2) is 0 Å². The fourth-order valence-electron chi connectivity index (χ4n) is 1.55. The Labute approximate surface area is 117 Å².